The summed E-state index contributed by atoms with van der Waals surface area (Å²) in [6, 6.07) is 0. The number of nitrogens with two attached hydrogens (primary N) is 1. The quantitative estimate of drug-likeness (QED) is 0.106. The molecule has 0 saturated heterocycles. The predicted octanol–water partition coefficient (Wildman–Crippen LogP) is 12.2. The molecule has 0 unspecified atom stereocenters. The van der Waals surface area contributed by atoms with E-state index in [-0.39, 0.29) is 0 Å². The van der Waals surface area contributed by atoms with Crippen molar-refractivity contribution in [3.63, 3.8) is 0 Å². The maximum atomic E-state index is 9.00. The Morgan fingerprint density at radius 3 is 1.00 bits per heavy atom. The lowest BCUT2D eigenvalue weighted by atomic mass is 9.87. The molecule has 0 aromatic carbocycles. The summed E-state index contributed by atoms with van der Waals surface area (Å²) >= 11 is 0. The molecule has 0 aliphatic rings. The van der Waals surface area contributed by atoms with Crippen LogP contribution in [-0.2, 0) is 0 Å². The van der Waals surface area contributed by atoms with Gasteiger partial charge in [0.1, 0.15) is 0 Å². The van der Waals surface area contributed by atoms with E-state index in [0.717, 1.165) is 36.1 Å². The molecule has 0 aliphatic carbocycles. The SMILES string of the molecule is CCCCC[C@H](CO)C(C)C.CCCCC[C@H](CO)C(C)C.CCCC[C@H](CN)C(C)C.CC[C@@H](CCC(C)C)C(C)C. The summed E-state index contributed by atoms with van der Waals surface area (Å²) < 4.78 is 0. The number of aliphatic hydroxyl groups is 2. The van der Waals surface area contributed by atoms with Gasteiger partial charge in [-0.3, -0.25) is 0 Å². The van der Waals surface area contributed by atoms with E-state index in [1.165, 1.54) is 89.9 Å². The van der Waals surface area contributed by atoms with Crippen LogP contribution in [-0.4, -0.2) is 30.0 Å². The van der Waals surface area contributed by atoms with Crippen LogP contribution in [0.2, 0.25) is 0 Å². The van der Waals surface area contributed by atoms with E-state index >= 15 is 0 Å². The molecule has 0 rings (SSSR count). The van der Waals surface area contributed by atoms with E-state index in [9.17, 15) is 0 Å². The Morgan fingerprint density at radius 2 is 0.767 bits per heavy atom. The Hall–Kier alpha value is -0.120. The van der Waals surface area contributed by atoms with Crippen LogP contribution < -0.4 is 5.73 Å². The van der Waals surface area contributed by atoms with Crippen LogP contribution in [0.15, 0.2) is 0 Å². The number of aliphatic hydroxyl groups excluding tert-OH is 2. The monoisotopic (exact) mass is 616 g/mol. The average Bonchev–Trinajstić information content (AvgIpc) is 2.94. The minimum absolute atomic E-state index is 0.362. The van der Waals surface area contributed by atoms with Crippen LogP contribution in [0.4, 0.5) is 0 Å². The third kappa shape index (κ3) is 36.2. The van der Waals surface area contributed by atoms with Gasteiger partial charge in [-0.1, -0.05) is 161 Å². The first-order valence-electron chi connectivity index (χ1n) is 19.2. The fourth-order valence-corrected chi connectivity index (χ4v) is 5.33. The van der Waals surface area contributed by atoms with E-state index in [1.54, 1.807) is 0 Å². The van der Waals surface area contributed by atoms with Crippen LogP contribution in [0.1, 0.15) is 187 Å². The minimum atomic E-state index is 0.362. The van der Waals surface area contributed by atoms with Gasteiger partial charge in [0.05, 0.1) is 0 Å². The topological polar surface area (TPSA) is 66.5 Å². The van der Waals surface area contributed by atoms with E-state index in [2.05, 4.69) is 96.9 Å². The van der Waals surface area contributed by atoms with Gasteiger partial charge in [0.25, 0.3) is 0 Å². The molecule has 0 fully saturated rings. The maximum Gasteiger partial charge on any atom is 0.0461 e. The van der Waals surface area contributed by atoms with Crippen molar-refractivity contribution < 1.29 is 10.2 Å². The van der Waals surface area contributed by atoms with E-state index in [0.29, 0.717) is 36.9 Å². The summed E-state index contributed by atoms with van der Waals surface area (Å²) in [6.07, 6.45) is 18.2. The second kappa shape index (κ2) is 36.3. The zero-order valence-electron chi connectivity index (χ0n) is 32.7. The van der Waals surface area contributed by atoms with Gasteiger partial charge in [0.2, 0.25) is 0 Å². The Kier molecular flexibility index (Phi) is 42.1. The smallest absolute Gasteiger partial charge is 0.0461 e. The van der Waals surface area contributed by atoms with Gasteiger partial charge in [-0.05, 0) is 85.5 Å². The summed E-state index contributed by atoms with van der Waals surface area (Å²) in [4.78, 5) is 0. The van der Waals surface area contributed by atoms with Crippen LogP contribution in [0.25, 0.3) is 0 Å². The molecule has 0 amide bonds. The van der Waals surface area contributed by atoms with E-state index in [4.69, 9.17) is 15.9 Å². The van der Waals surface area contributed by atoms with Crippen molar-refractivity contribution in [1.82, 2.24) is 0 Å². The average molecular weight is 616 g/mol. The van der Waals surface area contributed by atoms with Gasteiger partial charge in [-0.25, -0.2) is 0 Å². The minimum Gasteiger partial charge on any atom is -0.396 e. The Bertz CT molecular complexity index is 467. The molecule has 4 atom stereocenters. The third-order valence-corrected chi connectivity index (χ3v) is 9.47. The zero-order chi connectivity index (χ0) is 34.2. The van der Waals surface area contributed by atoms with Crippen molar-refractivity contribution in [2.24, 2.45) is 59.0 Å². The Labute approximate surface area is 275 Å². The Morgan fingerprint density at radius 1 is 0.419 bits per heavy atom. The van der Waals surface area contributed by atoms with Crippen molar-refractivity contribution in [2.45, 2.75) is 187 Å². The van der Waals surface area contributed by atoms with Gasteiger partial charge >= 0.3 is 0 Å². The van der Waals surface area contributed by atoms with Crippen molar-refractivity contribution >= 4 is 0 Å². The van der Waals surface area contributed by atoms with Gasteiger partial charge in [-0.15, -0.1) is 0 Å². The van der Waals surface area contributed by atoms with Gasteiger partial charge in [-0.2, -0.15) is 0 Å². The van der Waals surface area contributed by atoms with Crippen molar-refractivity contribution in [3.8, 4) is 0 Å². The molecule has 0 bridgehead atoms. The van der Waals surface area contributed by atoms with Crippen LogP contribution in [0.5, 0.6) is 0 Å². The maximum absolute atomic E-state index is 9.00. The molecule has 0 aromatic heterocycles. The molecular weight excluding hydrogens is 526 g/mol. The summed E-state index contributed by atoms with van der Waals surface area (Å²) in [5, 5.41) is 18.0. The molecule has 0 aliphatic heterocycles. The molecule has 3 heteroatoms. The third-order valence-electron chi connectivity index (χ3n) is 9.47. The molecule has 266 valence electrons. The number of unbranched alkanes of at least 4 members (excludes halogenated alkanes) is 5. The first kappa shape index (κ1) is 49.8. The molecule has 0 saturated carbocycles. The highest BCUT2D eigenvalue weighted by Gasteiger charge is 2.12. The fourth-order valence-electron chi connectivity index (χ4n) is 5.33. The number of hydrogen-bond donors (Lipinski definition) is 3. The molecule has 4 N–H and O–H groups in total. The second-order valence-electron chi connectivity index (χ2n) is 15.1. The van der Waals surface area contributed by atoms with E-state index in [1.807, 2.05) is 0 Å². The number of rotatable bonds is 22. The Balaban J connectivity index is -0.000000236. The first-order valence-corrected chi connectivity index (χ1v) is 19.2. The number of hydrogen-bond acceptors (Lipinski definition) is 3. The normalized spacial score (nSPS) is 14.1. The largest absolute Gasteiger partial charge is 0.396 e. The molecule has 0 spiro atoms. The van der Waals surface area contributed by atoms with Gasteiger partial charge in [0.15, 0.2) is 0 Å². The molecule has 0 heterocycles. The molecule has 3 nitrogen and oxygen atoms in total. The van der Waals surface area contributed by atoms with Gasteiger partial charge in [0, 0.05) is 13.2 Å². The van der Waals surface area contributed by atoms with Crippen molar-refractivity contribution in [2.75, 3.05) is 19.8 Å². The lowest BCUT2D eigenvalue weighted by molar-refractivity contribution is 0.178. The summed E-state index contributed by atoms with van der Waals surface area (Å²) in [6.45, 7) is 33.1. The van der Waals surface area contributed by atoms with Gasteiger partial charge < -0.3 is 15.9 Å². The van der Waals surface area contributed by atoms with Crippen LogP contribution >= 0.6 is 0 Å². The van der Waals surface area contributed by atoms with Crippen LogP contribution in [0, 0.1) is 53.3 Å². The second-order valence-corrected chi connectivity index (χ2v) is 15.1. The molecule has 43 heavy (non-hydrogen) atoms. The summed E-state index contributed by atoms with van der Waals surface area (Å²) in [5.74, 6) is 6.55. The van der Waals surface area contributed by atoms with Crippen molar-refractivity contribution in [3.05, 3.63) is 0 Å². The molecular formula is C40H89NO2. The lowest BCUT2D eigenvalue weighted by Gasteiger charge is -2.19. The lowest BCUT2D eigenvalue weighted by Crippen LogP contribution is -2.19. The zero-order valence-corrected chi connectivity index (χ0v) is 32.7. The highest BCUT2D eigenvalue weighted by molar-refractivity contribution is 4.64. The summed E-state index contributed by atoms with van der Waals surface area (Å²) in [5.41, 5.74) is 5.61. The van der Waals surface area contributed by atoms with Crippen LogP contribution in [0.3, 0.4) is 0 Å². The first-order chi connectivity index (χ1) is 20.2. The predicted molar refractivity (Wildman–Crippen MR) is 199 cm³/mol. The fraction of sp³-hybridized carbons (Fsp3) is 1.00. The van der Waals surface area contributed by atoms with Crippen molar-refractivity contribution in [1.29, 1.82) is 0 Å². The van der Waals surface area contributed by atoms with E-state index < -0.39 is 0 Å². The standard InChI is InChI=1S/C11H24.2C10H22O.C9H21N/c1-6-11(10(4)5)8-7-9(2)3;2*1-4-5-6-7-10(8-11)9(2)3;1-4-5-6-9(7-10)8(2)3/h9-11H,6-8H2,1-5H3;2*9-11H,4-8H2,1-3H3;8-9H,4-7,10H2,1-3H3/t11-;2*10-;9-/m0111/s1. The molecule has 0 aromatic rings. The summed E-state index contributed by atoms with van der Waals surface area (Å²) in [7, 11) is 0. The molecule has 0 radical (unpaired) electrons. The highest BCUT2D eigenvalue weighted by Crippen LogP contribution is 2.23. The highest BCUT2D eigenvalue weighted by atomic mass is 16.3.